The number of benzene rings is 1. The molecule has 20 heavy (non-hydrogen) atoms. The van der Waals surface area contributed by atoms with Gasteiger partial charge in [-0.25, -0.2) is 9.97 Å². The molecule has 1 aromatic carbocycles. The third kappa shape index (κ3) is 3.48. The second-order valence-corrected chi connectivity index (χ2v) is 6.25. The average Bonchev–Trinajstić information content (AvgIpc) is 2.44. The molecule has 0 atom stereocenters. The van der Waals surface area contributed by atoms with Gasteiger partial charge in [-0.05, 0) is 34.1 Å². The molecule has 0 N–H and O–H groups in total. The van der Waals surface area contributed by atoms with E-state index in [4.69, 9.17) is 16.3 Å². The number of hydrogen-bond acceptors (Lipinski definition) is 3. The lowest BCUT2D eigenvalue weighted by atomic mass is 10.0. The van der Waals surface area contributed by atoms with Gasteiger partial charge in [0.15, 0.2) is 5.82 Å². The highest BCUT2D eigenvalue weighted by molar-refractivity contribution is 14.1. The van der Waals surface area contributed by atoms with Crippen molar-refractivity contribution in [1.82, 2.24) is 9.97 Å². The summed E-state index contributed by atoms with van der Waals surface area (Å²) in [6.07, 6.45) is 0. The Kier molecular flexibility index (Phi) is 5.35. The number of aromatic nitrogens is 2. The predicted octanol–water partition coefficient (Wildman–Crippen LogP) is 4.67. The third-order valence-electron chi connectivity index (χ3n) is 3.00. The van der Waals surface area contributed by atoms with Gasteiger partial charge in [0, 0.05) is 12.7 Å². The van der Waals surface area contributed by atoms with E-state index >= 15 is 0 Å². The highest BCUT2D eigenvalue weighted by Gasteiger charge is 2.12. The van der Waals surface area contributed by atoms with Gasteiger partial charge in [0.25, 0.3) is 0 Å². The molecule has 0 unspecified atom stereocenters. The van der Waals surface area contributed by atoms with Crippen LogP contribution in [-0.4, -0.2) is 17.1 Å². The molecule has 2 aromatic rings. The first kappa shape index (κ1) is 15.7. The molecule has 0 saturated heterocycles. The van der Waals surface area contributed by atoms with Crippen LogP contribution in [0, 0.1) is 3.57 Å². The maximum Gasteiger partial charge on any atom is 0.161 e. The molecule has 0 saturated carbocycles. The van der Waals surface area contributed by atoms with Gasteiger partial charge < -0.3 is 4.74 Å². The predicted molar refractivity (Wildman–Crippen MR) is 90.0 cm³/mol. The van der Waals surface area contributed by atoms with Crippen molar-refractivity contribution in [2.24, 2.45) is 0 Å². The van der Waals surface area contributed by atoms with Crippen LogP contribution in [0.4, 0.5) is 0 Å². The summed E-state index contributed by atoms with van der Waals surface area (Å²) < 4.78 is 5.99. The van der Waals surface area contributed by atoms with Crippen molar-refractivity contribution in [3.8, 4) is 11.4 Å². The van der Waals surface area contributed by atoms with E-state index in [1.807, 2.05) is 12.1 Å². The topological polar surface area (TPSA) is 35.0 Å². The number of hydrogen-bond donors (Lipinski definition) is 0. The molecule has 0 radical (unpaired) electrons. The van der Waals surface area contributed by atoms with E-state index in [1.165, 1.54) is 5.56 Å². The molecule has 0 aliphatic heterocycles. The van der Waals surface area contributed by atoms with Gasteiger partial charge in [0.2, 0.25) is 0 Å². The first-order valence-electron chi connectivity index (χ1n) is 6.34. The fourth-order valence-corrected chi connectivity index (χ4v) is 2.43. The quantitative estimate of drug-likeness (QED) is 0.550. The number of ether oxygens (including phenoxy) is 1. The first-order chi connectivity index (χ1) is 9.52. The SMILES string of the molecule is COCc1nc(-c2ccc(C(C)C)cc2)nc(Cl)c1I. The van der Waals surface area contributed by atoms with Gasteiger partial charge in [-0.1, -0.05) is 49.7 Å². The second kappa shape index (κ2) is 6.83. The summed E-state index contributed by atoms with van der Waals surface area (Å²) in [5.74, 6) is 1.15. The van der Waals surface area contributed by atoms with Crippen LogP contribution in [0.2, 0.25) is 5.15 Å². The zero-order valence-corrected chi connectivity index (χ0v) is 14.6. The van der Waals surface area contributed by atoms with Crippen molar-refractivity contribution in [2.75, 3.05) is 7.11 Å². The van der Waals surface area contributed by atoms with Crippen LogP contribution in [0.15, 0.2) is 24.3 Å². The second-order valence-electron chi connectivity index (χ2n) is 4.81. The summed E-state index contributed by atoms with van der Waals surface area (Å²) in [6, 6.07) is 8.27. The van der Waals surface area contributed by atoms with Crippen LogP contribution in [-0.2, 0) is 11.3 Å². The van der Waals surface area contributed by atoms with Crippen molar-refractivity contribution in [3.63, 3.8) is 0 Å². The summed E-state index contributed by atoms with van der Waals surface area (Å²) in [7, 11) is 1.64. The monoisotopic (exact) mass is 402 g/mol. The molecule has 0 amide bonds. The van der Waals surface area contributed by atoms with Crippen LogP contribution in [0.3, 0.4) is 0 Å². The van der Waals surface area contributed by atoms with Crippen molar-refractivity contribution in [3.05, 3.63) is 44.2 Å². The largest absolute Gasteiger partial charge is 0.378 e. The summed E-state index contributed by atoms with van der Waals surface area (Å²) >= 11 is 8.31. The number of rotatable bonds is 4. The molecule has 1 heterocycles. The molecule has 0 aliphatic carbocycles. The molecule has 106 valence electrons. The average molecular weight is 403 g/mol. The van der Waals surface area contributed by atoms with Gasteiger partial charge in [-0.3, -0.25) is 0 Å². The molecular weight excluding hydrogens is 387 g/mol. The molecule has 5 heteroatoms. The molecular formula is C15H16ClIN2O. The molecule has 0 spiro atoms. The van der Waals surface area contributed by atoms with E-state index in [1.54, 1.807) is 7.11 Å². The summed E-state index contributed by atoms with van der Waals surface area (Å²) in [5, 5.41) is 0.468. The molecule has 3 nitrogen and oxygen atoms in total. The van der Waals surface area contributed by atoms with Gasteiger partial charge >= 0.3 is 0 Å². The Morgan fingerprint density at radius 1 is 1.20 bits per heavy atom. The Labute approximate surface area is 137 Å². The Morgan fingerprint density at radius 2 is 1.85 bits per heavy atom. The van der Waals surface area contributed by atoms with E-state index in [0.717, 1.165) is 14.8 Å². The highest BCUT2D eigenvalue weighted by atomic mass is 127. The smallest absolute Gasteiger partial charge is 0.161 e. The lowest BCUT2D eigenvalue weighted by Crippen LogP contribution is -2.02. The van der Waals surface area contributed by atoms with E-state index in [0.29, 0.717) is 23.5 Å². The Bertz CT molecular complexity index is 600. The van der Waals surface area contributed by atoms with E-state index in [9.17, 15) is 0 Å². The van der Waals surface area contributed by atoms with Crippen molar-refractivity contribution < 1.29 is 4.74 Å². The van der Waals surface area contributed by atoms with Crippen LogP contribution in [0.1, 0.15) is 31.0 Å². The minimum Gasteiger partial charge on any atom is -0.378 e. The fourth-order valence-electron chi connectivity index (χ4n) is 1.84. The molecule has 1 aromatic heterocycles. The van der Waals surface area contributed by atoms with Crippen molar-refractivity contribution in [2.45, 2.75) is 26.4 Å². The Hall–Kier alpha value is -0.720. The standard InChI is InChI=1S/C15H16ClIN2O/c1-9(2)10-4-6-11(7-5-10)15-18-12(8-20-3)13(17)14(16)19-15/h4-7,9H,8H2,1-3H3. The van der Waals surface area contributed by atoms with E-state index in [2.05, 4.69) is 58.5 Å². The molecule has 0 fully saturated rings. The summed E-state index contributed by atoms with van der Waals surface area (Å²) in [6.45, 7) is 4.77. The van der Waals surface area contributed by atoms with Crippen molar-refractivity contribution >= 4 is 34.2 Å². The molecule has 2 rings (SSSR count). The van der Waals surface area contributed by atoms with Gasteiger partial charge in [0.05, 0.1) is 15.9 Å². The number of methoxy groups -OCH3 is 1. The third-order valence-corrected chi connectivity index (χ3v) is 4.72. The Balaban J connectivity index is 2.41. The van der Waals surface area contributed by atoms with Gasteiger partial charge in [-0.2, -0.15) is 0 Å². The minimum absolute atomic E-state index is 0.428. The highest BCUT2D eigenvalue weighted by Crippen LogP contribution is 2.25. The zero-order chi connectivity index (χ0) is 14.7. The van der Waals surface area contributed by atoms with E-state index in [-0.39, 0.29) is 0 Å². The molecule has 0 aliphatic rings. The first-order valence-corrected chi connectivity index (χ1v) is 7.79. The van der Waals surface area contributed by atoms with Crippen LogP contribution in [0.25, 0.3) is 11.4 Å². The number of halogens is 2. The summed E-state index contributed by atoms with van der Waals surface area (Å²) in [4.78, 5) is 8.89. The van der Waals surface area contributed by atoms with E-state index < -0.39 is 0 Å². The maximum absolute atomic E-state index is 6.17. The zero-order valence-electron chi connectivity index (χ0n) is 11.7. The maximum atomic E-state index is 6.17. The minimum atomic E-state index is 0.428. The fraction of sp³-hybridized carbons (Fsp3) is 0.333. The Morgan fingerprint density at radius 3 is 2.40 bits per heavy atom. The molecule has 0 bridgehead atoms. The van der Waals surface area contributed by atoms with Crippen LogP contribution in [0.5, 0.6) is 0 Å². The summed E-state index contributed by atoms with van der Waals surface area (Å²) in [5.41, 5.74) is 3.07. The van der Waals surface area contributed by atoms with Gasteiger partial charge in [0.1, 0.15) is 5.15 Å². The van der Waals surface area contributed by atoms with Crippen molar-refractivity contribution in [1.29, 1.82) is 0 Å². The lowest BCUT2D eigenvalue weighted by Gasteiger charge is -2.09. The normalized spacial score (nSPS) is 11.1. The van der Waals surface area contributed by atoms with Crippen LogP contribution >= 0.6 is 34.2 Å². The number of nitrogens with zero attached hydrogens (tertiary/aromatic N) is 2. The lowest BCUT2D eigenvalue weighted by molar-refractivity contribution is 0.181. The van der Waals surface area contributed by atoms with Gasteiger partial charge in [-0.15, -0.1) is 0 Å². The van der Waals surface area contributed by atoms with Crippen LogP contribution < -0.4 is 0 Å².